The van der Waals surface area contributed by atoms with Crippen molar-refractivity contribution in [3.63, 3.8) is 0 Å². The standard InChI is InChI=1S/C11H9F3INO4S/c12-11(13,14)6-20-4-3-16-10(17)8-5-7(15)1-2-9(8)21(16,18)19/h1-2,5H,3-4,6H2. The first-order chi connectivity index (χ1) is 9.63. The van der Waals surface area contributed by atoms with Gasteiger partial charge >= 0.3 is 6.18 Å². The Hall–Kier alpha value is -0.880. The van der Waals surface area contributed by atoms with Gasteiger partial charge in [0, 0.05) is 3.57 Å². The Bertz CT molecular complexity index is 675. The van der Waals surface area contributed by atoms with Gasteiger partial charge in [-0.3, -0.25) is 4.79 Å². The monoisotopic (exact) mass is 435 g/mol. The van der Waals surface area contributed by atoms with Crippen molar-refractivity contribution in [2.24, 2.45) is 0 Å². The van der Waals surface area contributed by atoms with Crippen molar-refractivity contribution in [1.82, 2.24) is 4.31 Å². The number of amides is 1. The van der Waals surface area contributed by atoms with Crippen LogP contribution in [0.1, 0.15) is 10.4 Å². The lowest BCUT2D eigenvalue weighted by Gasteiger charge is -2.15. The first-order valence-electron chi connectivity index (χ1n) is 5.64. The first kappa shape index (κ1) is 16.5. The van der Waals surface area contributed by atoms with Crippen LogP contribution in [0.4, 0.5) is 13.2 Å². The molecule has 2 rings (SSSR count). The minimum Gasteiger partial charge on any atom is -0.370 e. The fourth-order valence-corrected chi connectivity index (χ4v) is 3.84. The van der Waals surface area contributed by atoms with Crippen LogP contribution in [0.2, 0.25) is 0 Å². The van der Waals surface area contributed by atoms with Crippen molar-refractivity contribution in [3.8, 4) is 0 Å². The number of halogens is 4. The number of fused-ring (bicyclic) bond motifs is 1. The average Bonchev–Trinajstić information content (AvgIpc) is 2.53. The zero-order valence-electron chi connectivity index (χ0n) is 10.4. The largest absolute Gasteiger partial charge is 0.411 e. The molecule has 5 nitrogen and oxygen atoms in total. The zero-order valence-corrected chi connectivity index (χ0v) is 13.3. The summed E-state index contributed by atoms with van der Waals surface area (Å²) in [5, 5.41) is 0. The van der Waals surface area contributed by atoms with Gasteiger partial charge in [0.2, 0.25) is 0 Å². The Balaban J connectivity index is 2.11. The van der Waals surface area contributed by atoms with E-state index in [9.17, 15) is 26.4 Å². The molecule has 1 amide bonds. The Kier molecular flexibility index (Phi) is 4.49. The van der Waals surface area contributed by atoms with Gasteiger partial charge in [-0.05, 0) is 40.8 Å². The van der Waals surface area contributed by atoms with Gasteiger partial charge in [-0.15, -0.1) is 0 Å². The van der Waals surface area contributed by atoms with E-state index in [1.165, 1.54) is 18.2 Å². The second kappa shape index (κ2) is 5.72. The maximum atomic E-state index is 12.1. The SMILES string of the molecule is O=C1c2cc(I)ccc2S(=O)(=O)N1CCOCC(F)(F)F. The number of nitrogens with zero attached hydrogens (tertiary/aromatic N) is 1. The van der Waals surface area contributed by atoms with Gasteiger partial charge in [-0.1, -0.05) is 0 Å². The summed E-state index contributed by atoms with van der Waals surface area (Å²) in [5.41, 5.74) is 0.0257. The van der Waals surface area contributed by atoms with E-state index in [0.29, 0.717) is 7.88 Å². The third-order valence-electron chi connectivity index (χ3n) is 2.67. The minimum atomic E-state index is -4.49. The van der Waals surface area contributed by atoms with Crippen LogP contribution in [0.25, 0.3) is 0 Å². The van der Waals surface area contributed by atoms with Crippen molar-refractivity contribution >= 4 is 38.5 Å². The number of alkyl halides is 3. The van der Waals surface area contributed by atoms with Gasteiger partial charge in [0.25, 0.3) is 15.9 Å². The quantitative estimate of drug-likeness (QED) is 0.537. The molecule has 0 radical (unpaired) electrons. The molecule has 116 valence electrons. The fraction of sp³-hybridized carbons (Fsp3) is 0.364. The Labute approximate surface area is 132 Å². The van der Waals surface area contributed by atoms with Crippen molar-refractivity contribution in [1.29, 1.82) is 0 Å². The summed E-state index contributed by atoms with van der Waals surface area (Å²) in [6, 6.07) is 4.27. The molecule has 0 unspecified atom stereocenters. The van der Waals surface area contributed by atoms with E-state index >= 15 is 0 Å². The van der Waals surface area contributed by atoms with Crippen LogP contribution in [-0.4, -0.2) is 44.6 Å². The molecule has 0 spiro atoms. The highest BCUT2D eigenvalue weighted by Crippen LogP contribution is 2.31. The maximum absolute atomic E-state index is 12.1. The molecule has 10 heteroatoms. The normalized spacial score (nSPS) is 17.1. The molecule has 1 aliphatic heterocycles. The molecule has 0 aromatic heterocycles. The molecule has 0 bridgehead atoms. The van der Waals surface area contributed by atoms with E-state index in [0.717, 1.165) is 0 Å². The fourth-order valence-electron chi connectivity index (χ4n) is 1.81. The summed E-state index contributed by atoms with van der Waals surface area (Å²) in [4.78, 5) is 11.9. The van der Waals surface area contributed by atoms with E-state index in [-0.39, 0.29) is 10.5 Å². The summed E-state index contributed by atoms with van der Waals surface area (Å²) < 4.78 is 65.6. The summed E-state index contributed by atoms with van der Waals surface area (Å²) in [6.45, 7) is -2.46. The highest BCUT2D eigenvalue weighted by Gasteiger charge is 2.41. The molecule has 1 aromatic carbocycles. The van der Waals surface area contributed by atoms with Crippen LogP contribution in [0, 0.1) is 3.57 Å². The molecular formula is C11H9F3INO4S. The van der Waals surface area contributed by atoms with Gasteiger partial charge in [0.1, 0.15) is 11.5 Å². The van der Waals surface area contributed by atoms with E-state index in [1.807, 2.05) is 22.6 Å². The topological polar surface area (TPSA) is 63.7 Å². The highest BCUT2D eigenvalue weighted by molar-refractivity contribution is 14.1. The Morgan fingerprint density at radius 1 is 1.29 bits per heavy atom. The Morgan fingerprint density at radius 3 is 2.57 bits per heavy atom. The predicted molar refractivity (Wildman–Crippen MR) is 74.3 cm³/mol. The second-order valence-corrected chi connectivity index (χ2v) is 7.27. The third kappa shape index (κ3) is 3.48. The number of hydrogen-bond donors (Lipinski definition) is 0. The van der Waals surface area contributed by atoms with Crippen LogP contribution < -0.4 is 0 Å². The van der Waals surface area contributed by atoms with E-state index in [1.54, 1.807) is 0 Å². The van der Waals surface area contributed by atoms with Crippen molar-refractivity contribution < 1.29 is 31.1 Å². The van der Waals surface area contributed by atoms with Gasteiger partial charge in [-0.2, -0.15) is 13.2 Å². The predicted octanol–water partition coefficient (Wildman–Crippen LogP) is 2.01. The second-order valence-electron chi connectivity index (χ2n) is 4.19. The van der Waals surface area contributed by atoms with Crippen molar-refractivity contribution in [2.75, 3.05) is 19.8 Å². The lowest BCUT2D eigenvalue weighted by atomic mass is 10.2. The first-order valence-corrected chi connectivity index (χ1v) is 8.16. The molecule has 0 atom stereocenters. The van der Waals surface area contributed by atoms with Crippen LogP contribution in [0.3, 0.4) is 0 Å². The number of rotatable bonds is 4. The molecular weight excluding hydrogens is 426 g/mol. The van der Waals surface area contributed by atoms with Gasteiger partial charge in [0.05, 0.1) is 18.7 Å². The van der Waals surface area contributed by atoms with Gasteiger partial charge in [-0.25, -0.2) is 12.7 Å². The smallest absolute Gasteiger partial charge is 0.370 e. The lowest BCUT2D eigenvalue weighted by molar-refractivity contribution is -0.173. The number of sulfonamides is 1. The number of carbonyl (C=O) groups excluding carboxylic acids is 1. The molecule has 1 aromatic rings. The van der Waals surface area contributed by atoms with Crippen LogP contribution >= 0.6 is 22.6 Å². The van der Waals surface area contributed by atoms with Crippen LogP contribution in [-0.2, 0) is 14.8 Å². The van der Waals surface area contributed by atoms with E-state index in [4.69, 9.17) is 0 Å². The van der Waals surface area contributed by atoms with Crippen LogP contribution in [0.15, 0.2) is 23.1 Å². The number of carbonyl (C=O) groups is 1. The molecule has 0 N–H and O–H groups in total. The van der Waals surface area contributed by atoms with E-state index < -0.39 is 41.9 Å². The van der Waals surface area contributed by atoms with Crippen molar-refractivity contribution in [3.05, 3.63) is 27.3 Å². The summed E-state index contributed by atoms with van der Waals surface area (Å²) in [7, 11) is -4.01. The average molecular weight is 435 g/mol. The van der Waals surface area contributed by atoms with Crippen LogP contribution in [0.5, 0.6) is 0 Å². The molecule has 0 saturated heterocycles. The summed E-state index contributed by atoms with van der Waals surface area (Å²) in [6.07, 6.45) is -4.49. The molecule has 0 fully saturated rings. The number of ether oxygens (including phenoxy) is 1. The highest BCUT2D eigenvalue weighted by atomic mass is 127. The zero-order chi connectivity index (χ0) is 15.8. The molecule has 1 heterocycles. The molecule has 0 aliphatic carbocycles. The van der Waals surface area contributed by atoms with Gasteiger partial charge in [0.15, 0.2) is 0 Å². The van der Waals surface area contributed by atoms with Crippen molar-refractivity contribution in [2.45, 2.75) is 11.1 Å². The summed E-state index contributed by atoms with van der Waals surface area (Å²) in [5.74, 6) is -0.751. The van der Waals surface area contributed by atoms with Gasteiger partial charge < -0.3 is 4.74 Å². The maximum Gasteiger partial charge on any atom is 0.411 e. The van der Waals surface area contributed by atoms with E-state index in [2.05, 4.69) is 4.74 Å². The minimum absolute atomic E-state index is 0.0257. The summed E-state index contributed by atoms with van der Waals surface area (Å²) >= 11 is 1.93. The molecule has 21 heavy (non-hydrogen) atoms. The molecule has 0 saturated carbocycles. The third-order valence-corrected chi connectivity index (χ3v) is 5.18. The molecule has 1 aliphatic rings. The number of benzene rings is 1. The number of hydrogen-bond acceptors (Lipinski definition) is 4. The Morgan fingerprint density at radius 2 is 1.95 bits per heavy atom. The lowest BCUT2D eigenvalue weighted by Crippen LogP contribution is -2.34.